The van der Waals surface area contributed by atoms with E-state index in [2.05, 4.69) is 6.92 Å². The molecule has 0 saturated carbocycles. The molecule has 3 heteroatoms. The molecule has 0 amide bonds. The quantitative estimate of drug-likeness (QED) is 0.690. The maximum absolute atomic E-state index is 11.7. The number of hydrogen-bond donors (Lipinski definition) is 0. The van der Waals surface area contributed by atoms with Crippen molar-refractivity contribution in [2.75, 3.05) is 0 Å². The molecule has 0 bridgehead atoms. The minimum atomic E-state index is -0.311. The van der Waals surface area contributed by atoms with Gasteiger partial charge in [0.2, 0.25) is 0 Å². The van der Waals surface area contributed by atoms with Crippen molar-refractivity contribution in [3.63, 3.8) is 0 Å². The van der Waals surface area contributed by atoms with Crippen LogP contribution in [0, 0.1) is 6.92 Å². The number of fused-ring (bicyclic) bond motifs is 1. The molecule has 1 atom stereocenters. The zero-order chi connectivity index (χ0) is 14.4. The molecule has 0 radical (unpaired) electrons. The lowest BCUT2D eigenvalue weighted by Crippen LogP contribution is -2.20. The van der Waals surface area contributed by atoms with Gasteiger partial charge in [-0.3, -0.25) is 0 Å². The van der Waals surface area contributed by atoms with Crippen molar-refractivity contribution in [2.24, 2.45) is 0 Å². The van der Waals surface area contributed by atoms with Crippen LogP contribution in [0.15, 0.2) is 21.4 Å². The summed E-state index contributed by atoms with van der Waals surface area (Å²) in [6.45, 7) is 4.00. The van der Waals surface area contributed by atoms with Crippen LogP contribution in [0.4, 0.5) is 0 Å². The van der Waals surface area contributed by atoms with Gasteiger partial charge in [0.15, 0.2) is 0 Å². The van der Waals surface area contributed by atoms with Gasteiger partial charge in [0.25, 0.3) is 0 Å². The van der Waals surface area contributed by atoms with Crippen LogP contribution >= 0.6 is 0 Å². The Balaban J connectivity index is 1.82. The highest BCUT2D eigenvalue weighted by Crippen LogP contribution is 2.26. The van der Waals surface area contributed by atoms with Crippen LogP contribution in [-0.4, -0.2) is 6.10 Å². The topological polar surface area (TPSA) is 39.4 Å². The van der Waals surface area contributed by atoms with E-state index in [4.69, 9.17) is 9.15 Å². The third-order valence-electron chi connectivity index (χ3n) is 3.67. The second kappa shape index (κ2) is 7.32. The summed E-state index contributed by atoms with van der Waals surface area (Å²) in [4.78, 5) is 11.7. The molecule has 110 valence electrons. The van der Waals surface area contributed by atoms with Crippen molar-refractivity contribution in [3.05, 3.63) is 33.9 Å². The molecular weight excluding hydrogens is 252 g/mol. The van der Waals surface area contributed by atoms with Gasteiger partial charge in [-0.15, -0.1) is 0 Å². The van der Waals surface area contributed by atoms with Gasteiger partial charge in [-0.25, -0.2) is 4.79 Å². The SMILES string of the molecule is CCCCCCCCC1C=Cc2c(cc(C)oc2=O)O1. The number of ether oxygens (including phenoxy) is 1. The van der Waals surface area contributed by atoms with Crippen LogP contribution < -0.4 is 10.4 Å². The number of rotatable bonds is 7. The van der Waals surface area contributed by atoms with Crippen molar-refractivity contribution in [1.82, 2.24) is 0 Å². The summed E-state index contributed by atoms with van der Waals surface area (Å²) in [7, 11) is 0. The van der Waals surface area contributed by atoms with Crippen molar-refractivity contribution in [1.29, 1.82) is 0 Å². The van der Waals surface area contributed by atoms with Crippen molar-refractivity contribution in [2.45, 2.75) is 64.9 Å². The minimum Gasteiger partial charge on any atom is -0.485 e. The molecule has 0 N–H and O–H groups in total. The molecule has 0 fully saturated rings. The largest absolute Gasteiger partial charge is 0.485 e. The Morgan fingerprint density at radius 3 is 2.70 bits per heavy atom. The summed E-state index contributed by atoms with van der Waals surface area (Å²) < 4.78 is 10.9. The van der Waals surface area contributed by atoms with Gasteiger partial charge in [0.05, 0.1) is 0 Å². The predicted molar refractivity (Wildman–Crippen MR) is 81.2 cm³/mol. The molecule has 1 unspecified atom stereocenters. The first kappa shape index (κ1) is 14.9. The third-order valence-corrected chi connectivity index (χ3v) is 3.67. The van der Waals surface area contributed by atoms with E-state index in [0.717, 1.165) is 6.42 Å². The van der Waals surface area contributed by atoms with Crippen LogP contribution in [0.2, 0.25) is 0 Å². The molecule has 2 rings (SSSR count). The van der Waals surface area contributed by atoms with Crippen LogP contribution in [0.5, 0.6) is 5.75 Å². The molecule has 1 aromatic rings. The molecule has 0 spiro atoms. The fourth-order valence-electron chi connectivity index (χ4n) is 2.53. The van der Waals surface area contributed by atoms with E-state index >= 15 is 0 Å². The van der Waals surface area contributed by atoms with E-state index in [1.807, 2.05) is 12.2 Å². The number of hydrogen-bond acceptors (Lipinski definition) is 3. The van der Waals surface area contributed by atoms with Gasteiger partial charge >= 0.3 is 5.63 Å². The third kappa shape index (κ3) is 3.99. The lowest BCUT2D eigenvalue weighted by Gasteiger charge is -2.20. The van der Waals surface area contributed by atoms with E-state index in [1.165, 1.54) is 38.5 Å². The average molecular weight is 276 g/mol. The van der Waals surface area contributed by atoms with Gasteiger partial charge < -0.3 is 9.15 Å². The van der Waals surface area contributed by atoms with Crippen LogP contribution in [0.1, 0.15) is 63.2 Å². The molecule has 1 aliphatic rings. The summed E-state index contributed by atoms with van der Waals surface area (Å²) in [6, 6.07) is 1.80. The number of unbranched alkanes of at least 4 members (excludes halogenated alkanes) is 5. The highest BCUT2D eigenvalue weighted by Gasteiger charge is 2.18. The zero-order valence-electron chi connectivity index (χ0n) is 12.5. The molecule has 1 aliphatic heterocycles. The zero-order valence-corrected chi connectivity index (χ0v) is 12.5. The molecule has 1 aromatic heterocycles. The summed E-state index contributed by atoms with van der Waals surface area (Å²) >= 11 is 0. The van der Waals surface area contributed by atoms with Gasteiger partial charge in [-0.05, 0) is 31.9 Å². The predicted octanol–water partition coefficient (Wildman–Crippen LogP) is 4.47. The molecule has 0 aliphatic carbocycles. The Bertz CT molecular complexity index is 513. The molecule has 20 heavy (non-hydrogen) atoms. The van der Waals surface area contributed by atoms with Crippen molar-refractivity contribution in [3.8, 4) is 5.75 Å². The summed E-state index contributed by atoms with van der Waals surface area (Å²) in [5.74, 6) is 1.26. The second-order valence-electron chi connectivity index (χ2n) is 5.49. The van der Waals surface area contributed by atoms with E-state index in [-0.39, 0.29) is 11.7 Å². The Morgan fingerprint density at radius 2 is 1.90 bits per heavy atom. The van der Waals surface area contributed by atoms with Crippen molar-refractivity contribution >= 4 is 6.08 Å². The summed E-state index contributed by atoms with van der Waals surface area (Å²) in [5, 5.41) is 0. The van der Waals surface area contributed by atoms with E-state index in [9.17, 15) is 4.79 Å². The maximum atomic E-state index is 11.7. The first-order chi connectivity index (χ1) is 9.70. The van der Waals surface area contributed by atoms with E-state index in [0.29, 0.717) is 17.1 Å². The molecule has 2 heterocycles. The Hall–Kier alpha value is -1.51. The Kier molecular flexibility index (Phi) is 5.45. The Labute approximate surface area is 120 Å². The standard InChI is InChI=1S/C17H24O3/c1-3-4-5-6-7-8-9-14-10-11-15-16(20-14)12-13(2)19-17(15)18/h10-12,14H,3-9H2,1-2H3. The van der Waals surface area contributed by atoms with Gasteiger partial charge in [0, 0.05) is 6.07 Å². The fraction of sp³-hybridized carbons (Fsp3) is 0.588. The highest BCUT2D eigenvalue weighted by molar-refractivity contribution is 5.58. The molecule has 0 aromatic carbocycles. The van der Waals surface area contributed by atoms with E-state index in [1.54, 1.807) is 13.0 Å². The van der Waals surface area contributed by atoms with Gasteiger partial charge in [0.1, 0.15) is 23.2 Å². The first-order valence-electron chi connectivity index (χ1n) is 7.70. The van der Waals surface area contributed by atoms with Crippen molar-refractivity contribution < 1.29 is 9.15 Å². The van der Waals surface area contributed by atoms with Crippen LogP contribution in [-0.2, 0) is 0 Å². The Morgan fingerprint density at radius 1 is 1.15 bits per heavy atom. The fourth-order valence-corrected chi connectivity index (χ4v) is 2.53. The van der Waals surface area contributed by atoms with E-state index < -0.39 is 0 Å². The molecular formula is C17H24O3. The number of aryl methyl sites for hydroxylation is 1. The smallest absolute Gasteiger partial charge is 0.346 e. The summed E-state index contributed by atoms with van der Waals surface area (Å²) in [6.07, 6.45) is 12.6. The average Bonchev–Trinajstić information content (AvgIpc) is 2.42. The summed E-state index contributed by atoms with van der Waals surface area (Å²) in [5.41, 5.74) is 0.226. The lowest BCUT2D eigenvalue weighted by molar-refractivity contribution is 0.226. The normalized spacial score (nSPS) is 16.8. The van der Waals surface area contributed by atoms with Gasteiger partial charge in [-0.2, -0.15) is 0 Å². The lowest BCUT2D eigenvalue weighted by atomic mass is 10.0. The molecule has 0 saturated heterocycles. The van der Waals surface area contributed by atoms with Crippen LogP contribution in [0.25, 0.3) is 6.08 Å². The minimum absolute atomic E-state index is 0.0925. The first-order valence-corrected chi connectivity index (χ1v) is 7.70. The van der Waals surface area contributed by atoms with Gasteiger partial charge in [-0.1, -0.05) is 39.0 Å². The monoisotopic (exact) mass is 276 g/mol. The van der Waals surface area contributed by atoms with Crippen LogP contribution in [0.3, 0.4) is 0 Å². The molecule has 3 nitrogen and oxygen atoms in total. The second-order valence-corrected chi connectivity index (χ2v) is 5.49. The maximum Gasteiger partial charge on any atom is 0.346 e. The highest BCUT2D eigenvalue weighted by atomic mass is 16.5.